The van der Waals surface area contributed by atoms with Gasteiger partial charge >= 0.3 is 0 Å². The maximum atomic E-state index is 13.4. The Morgan fingerprint density at radius 1 is 1.11 bits per heavy atom. The van der Waals surface area contributed by atoms with Crippen molar-refractivity contribution in [2.75, 3.05) is 6.61 Å². The zero-order valence-corrected chi connectivity index (χ0v) is 10.4. The van der Waals surface area contributed by atoms with Crippen molar-refractivity contribution in [2.24, 2.45) is 0 Å². The average Bonchev–Trinajstić information content (AvgIpc) is 2.41. The van der Waals surface area contributed by atoms with Gasteiger partial charge in [-0.25, -0.2) is 8.78 Å². The molecule has 4 heteroatoms. The standard InChI is InChI=1S/C15H14F2O2/c1-15(18,11-5-3-2-4-6-11)10-19-14-9-12(16)7-8-13(14)17/h2-9,18H,10H2,1H3. The lowest BCUT2D eigenvalue weighted by atomic mass is 9.97. The predicted molar refractivity (Wildman–Crippen MR) is 67.9 cm³/mol. The van der Waals surface area contributed by atoms with Gasteiger partial charge < -0.3 is 9.84 Å². The Labute approximate surface area is 110 Å². The predicted octanol–water partition coefficient (Wildman–Crippen LogP) is 3.25. The van der Waals surface area contributed by atoms with Gasteiger partial charge in [-0.2, -0.15) is 0 Å². The van der Waals surface area contributed by atoms with Crippen LogP contribution in [0.4, 0.5) is 8.78 Å². The minimum Gasteiger partial charge on any atom is -0.487 e. The summed E-state index contributed by atoms with van der Waals surface area (Å²) in [6.45, 7) is 1.39. The molecule has 0 saturated heterocycles. The molecule has 0 aliphatic rings. The van der Waals surface area contributed by atoms with Crippen LogP contribution in [0.25, 0.3) is 0 Å². The highest BCUT2D eigenvalue weighted by atomic mass is 19.1. The maximum absolute atomic E-state index is 13.4. The molecule has 100 valence electrons. The van der Waals surface area contributed by atoms with Crippen molar-refractivity contribution in [1.29, 1.82) is 0 Å². The quantitative estimate of drug-likeness (QED) is 0.918. The second-order valence-electron chi connectivity index (χ2n) is 4.50. The van der Waals surface area contributed by atoms with Crippen LogP contribution in [-0.4, -0.2) is 11.7 Å². The van der Waals surface area contributed by atoms with Gasteiger partial charge in [0.05, 0.1) is 0 Å². The van der Waals surface area contributed by atoms with Gasteiger partial charge in [0, 0.05) is 6.07 Å². The monoisotopic (exact) mass is 264 g/mol. The molecule has 1 N–H and O–H groups in total. The molecule has 0 aliphatic heterocycles. The van der Waals surface area contributed by atoms with E-state index in [-0.39, 0.29) is 12.4 Å². The van der Waals surface area contributed by atoms with Crippen LogP contribution >= 0.6 is 0 Å². The lowest BCUT2D eigenvalue weighted by molar-refractivity contribution is 0.00632. The molecule has 2 rings (SSSR count). The summed E-state index contributed by atoms with van der Waals surface area (Å²) in [6.07, 6.45) is 0. The van der Waals surface area contributed by atoms with Gasteiger partial charge in [-0.3, -0.25) is 0 Å². The molecular weight excluding hydrogens is 250 g/mol. The van der Waals surface area contributed by atoms with E-state index < -0.39 is 17.2 Å². The van der Waals surface area contributed by atoms with E-state index in [9.17, 15) is 13.9 Å². The highest BCUT2D eigenvalue weighted by Crippen LogP contribution is 2.24. The zero-order valence-electron chi connectivity index (χ0n) is 10.4. The topological polar surface area (TPSA) is 29.5 Å². The van der Waals surface area contributed by atoms with Crippen LogP contribution in [0.2, 0.25) is 0 Å². The molecule has 0 fully saturated rings. The Hall–Kier alpha value is -1.94. The first kappa shape index (κ1) is 13.5. The number of ether oxygens (including phenoxy) is 1. The molecule has 0 heterocycles. The summed E-state index contributed by atoms with van der Waals surface area (Å²) in [7, 11) is 0. The van der Waals surface area contributed by atoms with Crippen LogP contribution < -0.4 is 4.74 Å². The molecule has 19 heavy (non-hydrogen) atoms. The first-order valence-corrected chi connectivity index (χ1v) is 5.85. The van der Waals surface area contributed by atoms with Gasteiger partial charge in [0.2, 0.25) is 0 Å². The lowest BCUT2D eigenvalue weighted by Crippen LogP contribution is -2.29. The maximum Gasteiger partial charge on any atom is 0.165 e. The Kier molecular flexibility index (Phi) is 3.81. The van der Waals surface area contributed by atoms with Gasteiger partial charge in [0.25, 0.3) is 0 Å². The summed E-state index contributed by atoms with van der Waals surface area (Å²) in [5.74, 6) is -1.46. The molecule has 2 aromatic carbocycles. The van der Waals surface area contributed by atoms with Crippen LogP contribution in [0.3, 0.4) is 0 Å². The fourth-order valence-electron chi connectivity index (χ4n) is 1.69. The molecule has 0 radical (unpaired) electrons. The number of halogens is 2. The highest BCUT2D eigenvalue weighted by Gasteiger charge is 2.24. The first-order chi connectivity index (χ1) is 8.99. The third-order valence-corrected chi connectivity index (χ3v) is 2.80. The zero-order chi connectivity index (χ0) is 13.9. The van der Waals surface area contributed by atoms with E-state index in [0.717, 1.165) is 18.2 Å². The van der Waals surface area contributed by atoms with E-state index in [2.05, 4.69) is 0 Å². The minimum atomic E-state index is -1.28. The summed E-state index contributed by atoms with van der Waals surface area (Å²) in [5, 5.41) is 10.3. The molecule has 0 aliphatic carbocycles. The van der Waals surface area contributed by atoms with E-state index >= 15 is 0 Å². The number of hydrogen-bond acceptors (Lipinski definition) is 2. The lowest BCUT2D eigenvalue weighted by Gasteiger charge is -2.24. The van der Waals surface area contributed by atoms with Crippen LogP contribution in [0, 0.1) is 11.6 Å². The molecule has 2 aromatic rings. The second-order valence-corrected chi connectivity index (χ2v) is 4.50. The van der Waals surface area contributed by atoms with Crippen molar-refractivity contribution in [3.05, 3.63) is 65.7 Å². The van der Waals surface area contributed by atoms with Crippen LogP contribution in [-0.2, 0) is 5.60 Å². The number of aliphatic hydroxyl groups is 1. The van der Waals surface area contributed by atoms with E-state index in [0.29, 0.717) is 5.56 Å². The molecule has 0 aromatic heterocycles. The fourth-order valence-corrected chi connectivity index (χ4v) is 1.69. The van der Waals surface area contributed by atoms with Gasteiger partial charge in [-0.05, 0) is 24.6 Å². The van der Waals surface area contributed by atoms with Crippen molar-refractivity contribution in [3.63, 3.8) is 0 Å². The van der Waals surface area contributed by atoms with Crippen molar-refractivity contribution in [3.8, 4) is 5.75 Å². The van der Waals surface area contributed by atoms with Gasteiger partial charge in [-0.1, -0.05) is 30.3 Å². The number of hydrogen-bond donors (Lipinski definition) is 1. The summed E-state index contributed by atoms with van der Waals surface area (Å²) >= 11 is 0. The Balaban J connectivity index is 2.12. The second kappa shape index (κ2) is 5.36. The smallest absolute Gasteiger partial charge is 0.165 e. The molecular formula is C15H14F2O2. The summed E-state index contributed by atoms with van der Waals surface area (Å²) in [4.78, 5) is 0. The molecule has 1 unspecified atom stereocenters. The van der Waals surface area contributed by atoms with Crippen molar-refractivity contribution >= 4 is 0 Å². The van der Waals surface area contributed by atoms with Crippen molar-refractivity contribution in [1.82, 2.24) is 0 Å². The van der Waals surface area contributed by atoms with Crippen LogP contribution in [0.15, 0.2) is 48.5 Å². The molecule has 0 amide bonds. The summed E-state index contributed by atoms with van der Waals surface area (Å²) < 4.78 is 31.5. The van der Waals surface area contributed by atoms with E-state index in [1.165, 1.54) is 0 Å². The Bertz CT molecular complexity index is 553. The summed E-state index contributed by atoms with van der Waals surface area (Å²) in [6, 6.07) is 11.8. The minimum absolute atomic E-state index is 0.169. The SMILES string of the molecule is CC(O)(COc1cc(F)ccc1F)c1ccccc1. The molecule has 2 nitrogen and oxygen atoms in total. The molecule has 0 spiro atoms. The third kappa shape index (κ3) is 3.29. The highest BCUT2D eigenvalue weighted by molar-refractivity contribution is 5.26. The molecule has 0 saturated carbocycles. The van der Waals surface area contributed by atoms with E-state index in [4.69, 9.17) is 4.74 Å². The fraction of sp³-hybridized carbons (Fsp3) is 0.200. The Morgan fingerprint density at radius 2 is 1.79 bits per heavy atom. The molecule has 1 atom stereocenters. The average molecular weight is 264 g/mol. The van der Waals surface area contributed by atoms with Gasteiger partial charge in [-0.15, -0.1) is 0 Å². The van der Waals surface area contributed by atoms with Crippen molar-refractivity contribution in [2.45, 2.75) is 12.5 Å². The van der Waals surface area contributed by atoms with Gasteiger partial charge in [0.1, 0.15) is 18.0 Å². The van der Waals surface area contributed by atoms with Gasteiger partial charge in [0.15, 0.2) is 11.6 Å². The number of benzene rings is 2. The van der Waals surface area contributed by atoms with E-state index in [1.54, 1.807) is 31.2 Å². The number of rotatable bonds is 4. The molecule has 0 bridgehead atoms. The normalized spacial score (nSPS) is 13.9. The Morgan fingerprint density at radius 3 is 2.47 bits per heavy atom. The van der Waals surface area contributed by atoms with E-state index in [1.807, 2.05) is 6.07 Å². The first-order valence-electron chi connectivity index (χ1n) is 5.85. The third-order valence-electron chi connectivity index (χ3n) is 2.80. The van der Waals surface area contributed by atoms with Crippen LogP contribution in [0.1, 0.15) is 12.5 Å². The van der Waals surface area contributed by atoms with Crippen LogP contribution in [0.5, 0.6) is 5.75 Å². The summed E-state index contributed by atoms with van der Waals surface area (Å²) in [5.41, 5.74) is -0.633. The van der Waals surface area contributed by atoms with Crippen molar-refractivity contribution < 1.29 is 18.6 Å². The largest absolute Gasteiger partial charge is 0.487 e.